The van der Waals surface area contributed by atoms with Crippen LogP contribution in [0, 0.1) is 0 Å². The van der Waals surface area contributed by atoms with Gasteiger partial charge >= 0.3 is 0 Å². The van der Waals surface area contributed by atoms with E-state index in [1.54, 1.807) is 11.3 Å². The van der Waals surface area contributed by atoms with Gasteiger partial charge in [0, 0.05) is 0 Å². The Bertz CT molecular complexity index is 516. The Kier molecular flexibility index (Phi) is 2.58. The van der Waals surface area contributed by atoms with Gasteiger partial charge in [0.05, 0.1) is 4.88 Å². The van der Waals surface area contributed by atoms with Gasteiger partial charge in [-0.2, -0.15) is 15.0 Å². The molecule has 0 radical (unpaired) electrons. The first-order valence-electron chi connectivity index (χ1n) is 4.88. The average Bonchev–Trinajstić information content (AvgIpc) is 2.95. The molecule has 1 fully saturated rings. The normalized spacial score (nSPS) is 15.4. The number of nitrogens with zero attached hydrogens (tertiary/aromatic N) is 3. The van der Waals surface area contributed by atoms with Gasteiger partial charge in [-0.3, -0.25) is 0 Å². The monoisotopic (exact) mass is 271 g/mol. The first-order valence-corrected chi connectivity index (χ1v) is 6.52. The maximum absolute atomic E-state index is 5.74. The van der Waals surface area contributed by atoms with E-state index in [1.165, 1.54) is 18.4 Å². The number of halogens is 2. The molecule has 2 aromatic rings. The minimum atomic E-state index is 0.136. The van der Waals surface area contributed by atoms with Crippen LogP contribution in [0.3, 0.4) is 0 Å². The van der Waals surface area contributed by atoms with Crippen LogP contribution < -0.4 is 0 Å². The zero-order valence-corrected chi connectivity index (χ0v) is 10.5. The summed E-state index contributed by atoms with van der Waals surface area (Å²) < 4.78 is 0. The van der Waals surface area contributed by atoms with E-state index in [2.05, 4.69) is 26.4 Å². The van der Waals surface area contributed by atoms with Crippen LogP contribution in [0.15, 0.2) is 11.4 Å². The van der Waals surface area contributed by atoms with Crippen LogP contribution in [0.5, 0.6) is 0 Å². The smallest absolute Gasteiger partial charge is 0.197 e. The Labute approximate surface area is 106 Å². The molecule has 3 nitrogen and oxygen atoms in total. The van der Waals surface area contributed by atoms with E-state index in [9.17, 15) is 0 Å². The summed E-state index contributed by atoms with van der Waals surface area (Å²) in [4.78, 5) is 12.9. The van der Waals surface area contributed by atoms with Crippen molar-refractivity contribution in [2.75, 3.05) is 0 Å². The topological polar surface area (TPSA) is 38.7 Å². The van der Waals surface area contributed by atoms with Gasteiger partial charge in [-0.05, 0) is 59.0 Å². The standard InChI is InChI=1S/C10H7Cl2N3S/c11-9-13-8(14-10(12)15-9)7-3-6(4-16-7)5-1-2-5/h3-5H,1-2H2. The summed E-state index contributed by atoms with van der Waals surface area (Å²) >= 11 is 13.1. The summed E-state index contributed by atoms with van der Waals surface area (Å²) in [5.74, 6) is 1.29. The second kappa shape index (κ2) is 3.95. The van der Waals surface area contributed by atoms with Gasteiger partial charge < -0.3 is 0 Å². The van der Waals surface area contributed by atoms with Gasteiger partial charge in [0.15, 0.2) is 5.82 Å². The Morgan fingerprint density at radius 1 is 1.12 bits per heavy atom. The highest BCUT2D eigenvalue weighted by Crippen LogP contribution is 2.43. The van der Waals surface area contributed by atoms with E-state index in [4.69, 9.17) is 23.2 Å². The zero-order valence-electron chi connectivity index (χ0n) is 8.15. The molecule has 0 saturated heterocycles. The number of aromatic nitrogens is 3. The van der Waals surface area contributed by atoms with Gasteiger partial charge in [-0.25, -0.2) is 0 Å². The maximum Gasteiger partial charge on any atom is 0.227 e. The number of thiophene rings is 1. The SMILES string of the molecule is Clc1nc(Cl)nc(-c2cc(C3CC3)cs2)n1. The van der Waals surface area contributed by atoms with E-state index in [-0.39, 0.29) is 10.6 Å². The van der Waals surface area contributed by atoms with E-state index in [0.717, 1.165) is 10.8 Å². The van der Waals surface area contributed by atoms with Gasteiger partial charge in [0.25, 0.3) is 0 Å². The fourth-order valence-electron chi connectivity index (χ4n) is 1.54. The Morgan fingerprint density at radius 2 is 1.81 bits per heavy atom. The number of hydrogen-bond donors (Lipinski definition) is 0. The number of rotatable bonds is 2. The minimum Gasteiger partial charge on any atom is -0.197 e. The Morgan fingerprint density at radius 3 is 2.44 bits per heavy atom. The third-order valence-electron chi connectivity index (χ3n) is 2.47. The molecule has 6 heteroatoms. The van der Waals surface area contributed by atoms with Crippen LogP contribution in [0.1, 0.15) is 24.3 Å². The number of hydrogen-bond acceptors (Lipinski definition) is 4. The zero-order chi connectivity index (χ0) is 11.1. The molecule has 2 heterocycles. The van der Waals surface area contributed by atoms with Crippen LogP contribution >= 0.6 is 34.5 Å². The molecule has 3 rings (SSSR count). The lowest BCUT2D eigenvalue weighted by molar-refractivity contribution is 1.06. The Balaban J connectivity index is 2.00. The van der Waals surface area contributed by atoms with Crippen LogP contribution in [-0.4, -0.2) is 15.0 Å². The molecule has 0 spiro atoms. The van der Waals surface area contributed by atoms with Gasteiger partial charge in [0.1, 0.15) is 0 Å². The Hall–Kier alpha value is -0.710. The predicted octanol–water partition coefficient (Wildman–Crippen LogP) is 3.78. The summed E-state index contributed by atoms with van der Waals surface area (Å²) in [5.41, 5.74) is 1.37. The van der Waals surface area contributed by atoms with Crippen LogP contribution in [0.25, 0.3) is 10.7 Å². The first-order chi connectivity index (χ1) is 7.72. The molecule has 0 atom stereocenters. The first kappa shape index (κ1) is 10.4. The van der Waals surface area contributed by atoms with Crippen molar-refractivity contribution in [1.82, 2.24) is 15.0 Å². The van der Waals surface area contributed by atoms with Gasteiger partial charge in [-0.15, -0.1) is 11.3 Å². The fourth-order valence-corrected chi connectivity index (χ4v) is 2.82. The highest BCUT2D eigenvalue weighted by Gasteiger charge is 2.25. The van der Waals surface area contributed by atoms with E-state index in [0.29, 0.717) is 5.82 Å². The molecule has 1 aliphatic rings. The molecular formula is C10H7Cl2N3S. The highest BCUT2D eigenvalue weighted by molar-refractivity contribution is 7.13. The van der Waals surface area contributed by atoms with Crippen LogP contribution in [-0.2, 0) is 0 Å². The molecule has 16 heavy (non-hydrogen) atoms. The summed E-state index contributed by atoms with van der Waals surface area (Å²) in [5, 5.41) is 2.42. The van der Waals surface area contributed by atoms with Crippen molar-refractivity contribution < 1.29 is 0 Å². The minimum absolute atomic E-state index is 0.136. The van der Waals surface area contributed by atoms with Crippen molar-refractivity contribution in [2.45, 2.75) is 18.8 Å². The van der Waals surface area contributed by atoms with Crippen molar-refractivity contribution in [3.05, 3.63) is 27.6 Å². The van der Waals surface area contributed by atoms with E-state index in [1.807, 2.05) is 0 Å². The summed E-state index contributed by atoms with van der Waals surface area (Å²) in [6, 6.07) is 2.12. The fraction of sp³-hybridized carbons (Fsp3) is 0.300. The van der Waals surface area contributed by atoms with Crippen molar-refractivity contribution >= 4 is 34.5 Å². The van der Waals surface area contributed by atoms with Crippen molar-refractivity contribution in [2.24, 2.45) is 0 Å². The molecule has 1 aliphatic carbocycles. The predicted molar refractivity (Wildman–Crippen MR) is 65.1 cm³/mol. The molecule has 2 aromatic heterocycles. The van der Waals surface area contributed by atoms with Crippen molar-refractivity contribution in [3.63, 3.8) is 0 Å². The van der Waals surface area contributed by atoms with E-state index < -0.39 is 0 Å². The third-order valence-corrected chi connectivity index (χ3v) is 3.75. The average molecular weight is 272 g/mol. The summed E-state index contributed by atoms with van der Waals surface area (Å²) in [6.45, 7) is 0. The maximum atomic E-state index is 5.74. The lowest BCUT2D eigenvalue weighted by Crippen LogP contribution is -1.91. The molecule has 82 valence electrons. The molecule has 0 bridgehead atoms. The molecule has 0 aromatic carbocycles. The van der Waals surface area contributed by atoms with Crippen molar-refractivity contribution in [1.29, 1.82) is 0 Å². The van der Waals surface area contributed by atoms with Gasteiger partial charge in [-0.1, -0.05) is 0 Å². The quantitative estimate of drug-likeness (QED) is 0.835. The third kappa shape index (κ3) is 2.05. The summed E-state index contributed by atoms with van der Waals surface area (Å²) in [7, 11) is 0. The van der Waals surface area contributed by atoms with Gasteiger partial charge in [0.2, 0.25) is 10.6 Å². The molecule has 0 amide bonds. The molecule has 0 unspecified atom stereocenters. The second-order valence-corrected chi connectivity index (χ2v) is 5.30. The van der Waals surface area contributed by atoms with Crippen LogP contribution in [0.4, 0.5) is 0 Å². The highest BCUT2D eigenvalue weighted by atomic mass is 35.5. The van der Waals surface area contributed by atoms with Crippen LogP contribution in [0.2, 0.25) is 10.6 Å². The lowest BCUT2D eigenvalue weighted by atomic mass is 10.2. The molecule has 1 saturated carbocycles. The largest absolute Gasteiger partial charge is 0.227 e. The lowest BCUT2D eigenvalue weighted by Gasteiger charge is -1.96. The molecule has 0 N–H and O–H groups in total. The summed E-state index contributed by atoms with van der Waals surface area (Å²) in [6.07, 6.45) is 2.57. The molecular weight excluding hydrogens is 265 g/mol. The van der Waals surface area contributed by atoms with Crippen molar-refractivity contribution in [3.8, 4) is 10.7 Å². The molecule has 0 aliphatic heterocycles. The van der Waals surface area contributed by atoms with E-state index >= 15 is 0 Å². The second-order valence-electron chi connectivity index (χ2n) is 3.72.